The van der Waals surface area contributed by atoms with Gasteiger partial charge in [0.25, 0.3) is 0 Å². The van der Waals surface area contributed by atoms with Crippen LogP contribution in [0, 0.1) is 0 Å². The van der Waals surface area contributed by atoms with Gasteiger partial charge in [-0.1, -0.05) is 11.6 Å². The summed E-state index contributed by atoms with van der Waals surface area (Å²) in [5, 5.41) is 1.17. The molecule has 0 saturated heterocycles. The minimum atomic E-state index is -3.77. The van der Waals surface area contributed by atoms with Gasteiger partial charge in [0, 0.05) is 24.5 Å². The fourth-order valence-corrected chi connectivity index (χ4v) is 4.56. The number of hydrogen-bond acceptors (Lipinski definition) is 7. The van der Waals surface area contributed by atoms with E-state index in [2.05, 4.69) is 15.0 Å². The van der Waals surface area contributed by atoms with E-state index >= 15 is 0 Å². The Balaban J connectivity index is 2.00. The van der Waals surface area contributed by atoms with E-state index in [9.17, 15) is 13.2 Å². The van der Waals surface area contributed by atoms with Crippen LogP contribution < -0.4 is 4.74 Å². The van der Waals surface area contributed by atoms with Gasteiger partial charge >= 0.3 is 5.97 Å². The molecule has 166 valence electrons. The first-order valence-electron chi connectivity index (χ1n) is 9.35. The van der Waals surface area contributed by atoms with Crippen LogP contribution in [0.15, 0.2) is 41.3 Å². The van der Waals surface area contributed by atoms with Gasteiger partial charge in [-0.3, -0.25) is 0 Å². The largest absolute Gasteiger partial charge is 0.493 e. The van der Waals surface area contributed by atoms with Crippen molar-refractivity contribution >= 4 is 49.5 Å². The van der Waals surface area contributed by atoms with Crippen LogP contribution in [0.1, 0.15) is 10.4 Å². The Bertz CT molecular complexity index is 1480. The van der Waals surface area contributed by atoms with Crippen LogP contribution in [-0.2, 0) is 14.8 Å². The van der Waals surface area contributed by atoms with Gasteiger partial charge in [-0.05, 0) is 36.4 Å². The Labute approximate surface area is 189 Å². The number of ether oxygens (including phenoxy) is 2. The summed E-state index contributed by atoms with van der Waals surface area (Å²) in [4.78, 5) is 24.7. The third kappa shape index (κ3) is 3.56. The van der Waals surface area contributed by atoms with Gasteiger partial charge < -0.3 is 14.5 Å². The second kappa shape index (κ2) is 8.05. The van der Waals surface area contributed by atoms with E-state index in [-0.39, 0.29) is 27.7 Å². The number of nitrogens with one attached hydrogen (secondary N) is 1. The predicted octanol–water partition coefficient (Wildman–Crippen LogP) is 3.48. The SMILES string of the molecule is COC(=O)c1cc2cc(Cl)ccc2nc1-c1nc2c(OC)c(S(=O)(=O)N(C)C)ccc2[nH]1. The van der Waals surface area contributed by atoms with Crippen LogP contribution in [0.4, 0.5) is 0 Å². The van der Waals surface area contributed by atoms with Crippen LogP contribution >= 0.6 is 11.6 Å². The topological polar surface area (TPSA) is 114 Å². The molecule has 0 radical (unpaired) electrons. The molecule has 0 unspecified atom stereocenters. The monoisotopic (exact) mass is 474 g/mol. The molecule has 4 rings (SSSR count). The fourth-order valence-electron chi connectivity index (χ4n) is 3.33. The van der Waals surface area contributed by atoms with Crippen LogP contribution in [-0.4, -0.2) is 62.0 Å². The number of methoxy groups -OCH3 is 2. The second-order valence-electron chi connectivity index (χ2n) is 7.08. The molecule has 0 aliphatic rings. The Morgan fingerprint density at radius 2 is 1.84 bits per heavy atom. The molecule has 11 heteroatoms. The molecular weight excluding hydrogens is 456 g/mol. The number of fused-ring (bicyclic) bond motifs is 2. The zero-order valence-electron chi connectivity index (χ0n) is 17.6. The minimum absolute atomic E-state index is 0.0233. The number of nitrogens with zero attached hydrogens (tertiary/aromatic N) is 3. The molecule has 2 aromatic heterocycles. The van der Waals surface area contributed by atoms with Gasteiger partial charge in [-0.15, -0.1) is 0 Å². The first-order chi connectivity index (χ1) is 15.2. The van der Waals surface area contributed by atoms with Crippen molar-refractivity contribution in [1.82, 2.24) is 19.3 Å². The maximum Gasteiger partial charge on any atom is 0.340 e. The number of imidazole rings is 1. The second-order valence-corrected chi connectivity index (χ2v) is 9.64. The molecule has 0 spiro atoms. The van der Waals surface area contributed by atoms with Crippen LogP contribution in [0.5, 0.6) is 5.75 Å². The summed E-state index contributed by atoms with van der Waals surface area (Å²) in [5.41, 5.74) is 1.84. The zero-order chi connectivity index (χ0) is 23.2. The zero-order valence-corrected chi connectivity index (χ0v) is 19.2. The number of rotatable bonds is 5. The average Bonchev–Trinajstić information content (AvgIpc) is 3.20. The maximum absolute atomic E-state index is 12.7. The number of aromatic nitrogens is 3. The lowest BCUT2D eigenvalue weighted by Gasteiger charge is -2.14. The van der Waals surface area contributed by atoms with E-state index in [4.69, 9.17) is 21.1 Å². The lowest BCUT2D eigenvalue weighted by atomic mass is 10.1. The van der Waals surface area contributed by atoms with E-state index in [1.54, 1.807) is 30.3 Å². The Kier molecular flexibility index (Phi) is 5.53. The fraction of sp³-hybridized carbons (Fsp3) is 0.190. The molecular formula is C21H19ClN4O5S. The highest BCUT2D eigenvalue weighted by molar-refractivity contribution is 7.89. The lowest BCUT2D eigenvalue weighted by molar-refractivity contribution is 0.0601. The molecule has 0 bridgehead atoms. The van der Waals surface area contributed by atoms with E-state index in [0.717, 1.165) is 4.31 Å². The molecule has 0 amide bonds. The summed E-state index contributed by atoms with van der Waals surface area (Å²) in [6, 6.07) is 9.77. The van der Waals surface area contributed by atoms with Crippen LogP contribution in [0.3, 0.4) is 0 Å². The number of hydrogen-bond donors (Lipinski definition) is 1. The van der Waals surface area contributed by atoms with Crippen LogP contribution in [0.25, 0.3) is 33.5 Å². The summed E-state index contributed by atoms with van der Waals surface area (Å²) in [6.07, 6.45) is 0. The molecule has 4 aromatic rings. The number of H-pyrrole nitrogens is 1. The smallest absolute Gasteiger partial charge is 0.340 e. The van der Waals surface area contributed by atoms with Crippen molar-refractivity contribution in [3.63, 3.8) is 0 Å². The number of aromatic amines is 1. The molecule has 9 nitrogen and oxygen atoms in total. The highest BCUT2D eigenvalue weighted by Crippen LogP contribution is 2.35. The van der Waals surface area contributed by atoms with Crippen LogP contribution in [0.2, 0.25) is 5.02 Å². The van der Waals surface area contributed by atoms with Crippen molar-refractivity contribution in [3.05, 3.63) is 47.0 Å². The average molecular weight is 475 g/mol. The number of sulfonamides is 1. The number of halogens is 1. The lowest BCUT2D eigenvalue weighted by Crippen LogP contribution is -2.22. The van der Waals surface area contributed by atoms with E-state index in [0.29, 0.717) is 27.0 Å². The third-order valence-electron chi connectivity index (χ3n) is 4.94. The minimum Gasteiger partial charge on any atom is -0.493 e. The van der Waals surface area contributed by atoms with Gasteiger partial charge in [-0.25, -0.2) is 27.5 Å². The summed E-state index contributed by atoms with van der Waals surface area (Å²) in [7, 11) is 1.74. The first-order valence-corrected chi connectivity index (χ1v) is 11.2. The van der Waals surface area contributed by atoms with E-state index in [1.165, 1.54) is 34.4 Å². The Morgan fingerprint density at radius 1 is 1.09 bits per heavy atom. The molecule has 2 aromatic carbocycles. The van der Waals surface area contributed by atoms with Gasteiger partial charge in [0.15, 0.2) is 11.6 Å². The number of carbonyl (C=O) groups excluding carboxylic acids is 1. The molecule has 2 heterocycles. The van der Waals surface area contributed by atoms with Gasteiger partial charge in [0.1, 0.15) is 16.1 Å². The van der Waals surface area contributed by atoms with E-state index < -0.39 is 16.0 Å². The highest BCUT2D eigenvalue weighted by Gasteiger charge is 2.26. The number of carbonyl (C=O) groups is 1. The molecule has 0 aliphatic heterocycles. The number of pyridine rings is 1. The van der Waals surface area contributed by atoms with Crippen molar-refractivity contribution in [3.8, 4) is 17.3 Å². The Hall–Kier alpha value is -3.21. The number of esters is 1. The van der Waals surface area contributed by atoms with Crippen molar-refractivity contribution in [2.45, 2.75) is 4.90 Å². The van der Waals surface area contributed by atoms with Crippen molar-refractivity contribution in [2.75, 3.05) is 28.3 Å². The molecule has 1 N–H and O–H groups in total. The summed E-state index contributed by atoms with van der Waals surface area (Å²) in [5.74, 6) is -0.251. The van der Waals surface area contributed by atoms with Crippen molar-refractivity contribution in [2.24, 2.45) is 0 Å². The summed E-state index contributed by atoms with van der Waals surface area (Å²) < 4.78 is 36.9. The third-order valence-corrected chi connectivity index (χ3v) is 7.02. The standard InChI is InChI=1S/C21H19ClN4O5S/c1-26(2)32(28,29)16-8-7-15-18(19(16)30-3)25-20(24-15)17-13(21(27)31-4)10-11-9-12(22)5-6-14(11)23-17/h5-10H,1-4H3,(H,24,25). The van der Waals surface area contributed by atoms with Gasteiger partial charge in [-0.2, -0.15) is 0 Å². The number of benzene rings is 2. The maximum atomic E-state index is 12.7. The van der Waals surface area contributed by atoms with Crippen molar-refractivity contribution < 1.29 is 22.7 Å². The van der Waals surface area contributed by atoms with Gasteiger partial charge in [0.05, 0.1) is 30.8 Å². The molecule has 0 atom stereocenters. The molecule has 0 aliphatic carbocycles. The summed E-state index contributed by atoms with van der Waals surface area (Å²) >= 11 is 6.07. The quantitative estimate of drug-likeness (QED) is 0.440. The first kappa shape index (κ1) is 22.0. The normalized spacial score (nSPS) is 11.9. The predicted molar refractivity (Wildman–Crippen MR) is 121 cm³/mol. The summed E-state index contributed by atoms with van der Waals surface area (Å²) in [6.45, 7) is 0. The van der Waals surface area contributed by atoms with Gasteiger partial charge in [0.2, 0.25) is 10.0 Å². The Morgan fingerprint density at radius 3 is 2.50 bits per heavy atom. The van der Waals surface area contributed by atoms with E-state index in [1.807, 2.05) is 0 Å². The van der Waals surface area contributed by atoms with Crippen molar-refractivity contribution in [1.29, 1.82) is 0 Å². The molecule has 0 fully saturated rings. The molecule has 0 saturated carbocycles. The highest BCUT2D eigenvalue weighted by atomic mass is 35.5. The molecule has 32 heavy (non-hydrogen) atoms.